The maximum atomic E-state index is 12.3. The lowest BCUT2D eigenvalue weighted by Gasteiger charge is -2.39. The highest BCUT2D eigenvalue weighted by Crippen LogP contribution is 2.45. The van der Waals surface area contributed by atoms with Gasteiger partial charge in [0, 0.05) is 30.3 Å². The minimum atomic E-state index is -1.86. The summed E-state index contributed by atoms with van der Waals surface area (Å²) in [6, 6.07) is 9.72. The molecule has 4 aromatic rings. The molecule has 5 rings (SSSR count). The predicted octanol–water partition coefficient (Wildman–Crippen LogP) is 2.07. The number of esters is 1. The molecule has 0 amide bonds. The van der Waals surface area contributed by atoms with E-state index in [-0.39, 0.29) is 45.3 Å². The van der Waals surface area contributed by atoms with Crippen LogP contribution in [0.1, 0.15) is 5.56 Å². The maximum absolute atomic E-state index is 12.3. The minimum Gasteiger partial charge on any atom is -0.507 e. The largest absolute Gasteiger partial charge is 0.507 e. The van der Waals surface area contributed by atoms with Crippen molar-refractivity contribution in [2.75, 3.05) is 13.7 Å². The molecule has 15 heteroatoms. The Morgan fingerprint density at radius 3 is 2.33 bits per heavy atom. The van der Waals surface area contributed by atoms with Crippen LogP contribution in [0.3, 0.4) is 0 Å². The molecule has 1 aromatic heterocycles. The number of aliphatic hydroxyl groups is 3. The zero-order chi connectivity index (χ0) is 33.3. The number of hydrogen-bond donors (Lipinski definition) is 9. The number of rotatable bonds is 8. The fraction of sp³-hybridized carbons (Fsp3) is 0.226. The maximum Gasteiger partial charge on any atom is 0.402 e. The quantitative estimate of drug-likeness (QED) is 0.0578. The number of fused-ring (bicyclic) bond motifs is 1. The first kappa shape index (κ1) is 31.9. The van der Waals surface area contributed by atoms with Crippen LogP contribution in [-0.2, 0) is 14.3 Å². The third-order valence-electron chi connectivity index (χ3n) is 7.07. The summed E-state index contributed by atoms with van der Waals surface area (Å²) in [7, 11) is 1.24. The van der Waals surface area contributed by atoms with E-state index in [1.807, 2.05) is 0 Å². The van der Waals surface area contributed by atoms with E-state index < -0.39 is 66.3 Å². The Morgan fingerprint density at radius 1 is 0.848 bits per heavy atom. The van der Waals surface area contributed by atoms with Gasteiger partial charge in [-0.25, -0.2) is 9.21 Å². The van der Waals surface area contributed by atoms with Crippen molar-refractivity contribution in [3.05, 3.63) is 60.2 Å². The van der Waals surface area contributed by atoms with E-state index in [2.05, 4.69) is 0 Å². The molecule has 2 heterocycles. The number of hydrogen-bond acceptors (Lipinski definition) is 14. The van der Waals surface area contributed by atoms with Crippen LogP contribution >= 0.6 is 0 Å². The van der Waals surface area contributed by atoms with Gasteiger partial charge in [0.1, 0.15) is 47.9 Å². The monoisotopic (exact) mass is 641 g/mol. The Hall–Kier alpha value is -5.48. The second-order valence-electron chi connectivity index (χ2n) is 10.2. The van der Waals surface area contributed by atoms with Crippen LogP contribution in [0.15, 0.2) is 59.0 Å². The van der Waals surface area contributed by atoms with E-state index in [4.69, 9.17) is 23.4 Å². The van der Waals surface area contributed by atoms with Gasteiger partial charge in [0.25, 0.3) is 0 Å². The van der Waals surface area contributed by atoms with E-state index in [1.165, 1.54) is 49.6 Å². The first-order valence-corrected chi connectivity index (χ1v) is 13.5. The highest BCUT2D eigenvalue weighted by atomic mass is 16.7. The van der Waals surface area contributed by atoms with Gasteiger partial charge in [0.15, 0.2) is 23.0 Å². The average Bonchev–Trinajstić information content (AvgIpc) is 3.02. The van der Waals surface area contributed by atoms with E-state index in [0.717, 1.165) is 18.2 Å². The zero-order valence-corrected chi connectivity index (χ0v) is 23.8. The molecule has 5 atom stereocenters. The van der Waals surface area contributed by atoms with Gasteiger partial charge in [-0.15, -0.1) is 0 Å². The standard InChI is InChI=1S/C31H28O15/c1-42-22-8-14(7-20(36)26(22)38)30-23(11-16-18(34)9-15(32)10-21(16)44-30)45-31-29(41)28(40)27(39)24(46-31)12-43-25(37)5-3-13-2-4-17(33)19(35)6-13/h2-11,24,27-29,31,39-41H,12H2,1H3,(H5-,32,33,34,35,36,37,38)/p+1/t24-,27-,28+,29-,31-/m1/s1. The molecule has 46 heavy (non-hydrogen) atoms. The number of benzene rings is 3. The van der Waals surface area contributed by atoms with Crippen molar-refractivity contribution in [2.24, 2.45) is 0 Å². The lowest BCUT2D eigenvalue weighted by Crippen LogP contribution is -2.60. The minimum absolute atomic E-state index is 0.0349. The van der Waals surface area contributed by atoms with Gasteiger partial charge in [-0.05, 0) is 23.8 Å². The van der Waals surface area contributed by atoms with Crippen LogP contribution in [-0.4, -0.2) is 96.4 Å². The summed E-state index contributed by atoms with van der Waals surface area (Å²) in [4.78, 5) is 12.3. The van der Waals surface area contributed by atoms with Crippen LogP contribution in [0.5, 0.6) is 46.0 Å². The van der Waals surface area contributed by atoms with Crippen molar-refractivity contribution in [1.82, 2.24) is 0 Å². The SMILES string of the molecule is COc1cc(-c2[o+]c3cc(O)cc(O)c3cc2O[C@@H]2O[C@H](COC(=O)/C=C/c3ccc(O)c(O)c3)[C@@H](O)[C@H](O)[C@H]2O)cc(O)c1O. The van der Waals surface area contributed by atoms with Crippen LogP contribution in [0, 0.1) is 0 Å². The third kappa shape index (κ3) is 6.47. The average molecular weight is 642 g/mol. The van der Waals surface area contributed by atoms with Gasteiger partial charge in [0.05, 0.1) is 18.7 Å². The molecule has 9 N–H and O–H groups in total. The van der Waals surface area contributed by atoms with E-state index in [0.29, 0.717) is 5.56 Å². The highest BCUT2D eigenvalue weighted by molar-refractivity contribution is 5.89. The third-order valence-corrected chi connectivity index (χ3v) is 7.07. The van der Waals surface area contributed by atoms with Crippen LogP contribution < -0.4 is 9.47 Å². The summed E-state index contributed by atoms with van der Waals surface area (Å²) in [5.41, 5.74) is 0.398. The predicted molar refractivity (Wildman–Crippen MR) is 156 cm³/mol. The summed E-state index contributed by atoms with van der Waals surface area (Å²) in [5.74, 6) is -4.11. The fourth-order valence-corrected chi connectivity index (χ4v) is 4.65. The lowest BCUT2D eigenvalue weighted by molar-refractivity contribution is -0.278. The Morgan fingerprint density at radius 2 is 1.61 bits per heavy atom. The molecule has 0 unspecified atom stereocenters. The molecule has 0 bridgehead atoms. The van der Waals surface area contributed by atoms with E-state index >= 15 is 0 Å². The normalized spacial score (nSPS) is 21.3. The molecule has 1 aliphatic heterocycles. The number of methoxy groups -OCH3 is 1. The summed E-state index contributed by atoms with van der Waals surface area (Å²) in [6.45, 7) is -0.604. The Labute approximate surface area is 259 Å². The molecule has 3 aromatic carbocycles. The summed E-state index contributed by atoms with van der Waals surface area (Å²) in [5, 5.41) is 91.7. The summed E-state index contributed by atoms with van der Waals surface area (Å²) >= 11 is 0. The van der Waals surface area contributed by atoms with Gasteiger partial charge >= 0.3 is 17.3 Å². The van der Waals surface area contributed by atoms with E-state index in [9.17, 15) is 50.8 Å². The molecule has 0 aliphatic carbocycles. The molecule has 0 saturated carbocycles. The number of aromatic hydroxyl groups is 6. The molecular formula is C31H29O15+. The first-order valence-electron chi connectivity index (χ1n) is 13.5. The summed E-state index contributed by atoms with van der Waals surface area (Å²) < 4.78 is 27.7. The molecule has 1 saturated heterocycles. The second-order valence-corrected chi connectivity index (χ2v) is 10.2. The van der Waals surface area contributed by atoms with Crippen LogP contribution in [0.2, 0.25) is 0 Å². The van der Waals surface area contributed by atoms with Crippen molar-refractivity contribution >= 4 is 23.0 Å². The fourth-order valence-electron chi connectivity index (χ4n) is 4.65. The molecule has 1 fully saturated rings. The van der Waals surface area contributed by atoms with Crippen molar-refractivity contribution in [1.29, 1.82) is 0 Å². The number of ether oxygens (including phenoxy) is 4. The van der Waals surface area contributed by atoms with Crippen molar-refractivity contribution < 1.29 is 74.1 Å². The highest BCUT2D eigenvalue weighted by Gasteiger charge is 2.46. The zero-order valence-electron chi connectivity index (χ0n) is 23.8. The van der Waals surface area contributed by atoms with Gasteiger partial charge in [0.2, 0.25) is 17.8 Å². The number of phenolic OH excluding ortho intramolecular Hbond substituents is 6. The van der Waals surface area contributed by atoms with Crippen molar-refractivity contribution in [3.8, 4) is 57.3 Å². The Bertz CT molecular complexity index is 1800. The number of carbonyl (C=O) groups excluding carboxylic acids is 1. The molecule has 242 valence electrons. The Kier molecular flexibility index (Phi) is 8.93. The molecule has 0 radical (unpaired) electrons. The van der Waals surface area contributed by atoms with Crippen LogP contribution in [0.25, 0.3) is 28.4 Å². The smallest absolute Gasteiger partial charge is 0.402 e. The number of aliphatic hydroxyl groups excluding tert-OH is 3. The van der Waals surface area contributed by atoms with Crippen LogP contribution in [0.4, 0.5) is 0 Å². The molecule has 15 nitrogen and oxygen atoms in total. The Balaban J connectivity index is 1.42. The second kappa shape index (κ2) is 12.9. The first-order chi connectivity index (χ1) is 21.9. The topological polar surface area (TPSA) is 247 Å². The van der Waals surface area contributed by atoms with Gasteiger partial charge in [-0.2, -0.15) is 0 Å². The molecule has 1 aliphatic rings. The number of phenols is 6. The van der Waals surface area contributed by atoms with Gasteiger partial charge in [-0.3, -0.25) is 0 Å². The lowest BCUT2D eigenvalue weighted by atomic mass is 9.99. The van der Waals surface area contributed by atoms with Crippen molar-refractivity contribution in [3.63, 3.8) is 0 Å². The number of carbonyl (C=O) groups is 1. The van der Waals surface area contributed by atoms with Gasteiger partial charge < -0.3 is 64.9 Å². The van der Waals surface area contributed by atoms with Crippen molar-refractivity contribution in [2.45, 2.75) is 30.7 Å². The summed E-state index contributed by atoms with van der Waals surface area (Å²) in [6.07, 6.45) is -6.27. The van der Waals surface area contributed by atoms with E-state index in [1.54, 1.807) is 0 Å². The van der Waals surface area contributed by atoms with Gasteiger partial charge in [-0.1, -0.05) is 6.07 Å². The molecule has 0 spiro atoms. The molecular weight excluding hydrogens is 612 g/mol.